The molecule has 8 nitrogen and oxygen atoms in total. The molecule has 1 saturated carbocycles. The van der Waals surface area contributed by atoms with E-state index in [1.807, 2.05) is 55.7 Å². The van der Waals surface area contributed by atoms with E-state index in [0.29, 0.717) is 5.75 Å². The van der Waals surface area contributed by atoms with Crippen molar-refractivity contribution in [2.24, 2.45) is 0 Å². The van der Waals surface area contributed by atoms with Gasteiger partial charge < -0.3 is 14.8 Å². The van der Waals surface area contributed by atoms with Crippen LogP contribution in [0.5, 0.6) is 5.75 Å². The molecule has 3 aromatic heterocycles. The highest BCUT2D eigenvalue weighted by molar-refractivity contribution is 5.83. The predicted molar refractivity (Wildman–Crippen MR) is 159 cm³/mol. The summed E-state index contributed by atoms with van der Waals surface area (Å²) in [6, 6.07) is 22.5. The Kier molecular flexibility index (Phi) is 6.69. The van der Waals surface area contributed by atoms with Gasteiger partial charge in [0.2, 0.25) is 0 Å². The van der Waals surface area contributed by atoms with Crippen LogP contribution in [0.2, 0.25) is 0 Å². The van der Waals surface area contributed by atoms with E-state index < -0.39 is 11.1 Å². The third kappa shape index (κ3) is 5.25. The van der Waals surface area contributed by atoms with Crippen LogP contribution in [0.4, 0.5) is 4.79 Å². The number of hydrogen-bond acceptors (Lipinski definition) is 6. The smallest absolute Gasteiger partial charge is 0.408 e. The normalized spacial score (nSPS) is 14.3. The Balaban J connectivity index is 1.42. The Labute approximate surface area is 239 Å². The van der Waals surface area contributed by atoms with Crippen molar-refractivity contribution >= 4 is 11.7 Å². The fraction of sp³-hybridized carbons (Fsp3) is 0.273. The lowest BCUT2D eigenvalue weighted by Gasteiger charge is -2.43. The number of benzene rings is 2. The molecule has 1 aliphatic rings. The van der Waals surface area contributed by atoms with E-state index in [4.69, 9.17) is 14.6 Å². The first-order valence-corrected chi connectivity index (χ1v) is 13.8. The fourth-order valence-corrected chi connectivity index (χ4v) is 5.30. The lowest BCUT2D eigenvalue weighted by Crippen LogP contribution is -2.52. The SMILES string of the molecule is COc1cncc(-c2cnc3cc(-c4ccccc4)c(-c4ccc(C5(NC(=O)OC(C)(C)C)CCC5)cc4)nn23)c1. The molecule has 1 fully saturated rings. The molecule has 0 atom stereocenters. The lowest BCUT2D eigenvalue weighted by molar-refractivity contribution is 0.0377. The van der Waals surface area contributed by atoms with Crippen LogP contribution >= 0.6 is 0 Å². The van der Waals surface area contributed by atoms with Crippen molar-refractivity contribution in [2.45, 2.75) is 51.2 Å². The van der Waals surface area contributed by atoms with Crippen molar-refractivity contribution in [2.75, 3.05) is 7.11 Å². The fourth-order valence-electron chi connectivity index (χ4n) is 5.30. The minimum atomic E-state index is -0.551. The molecule has 0 unspecified atom stereocenters. The second-order valence-corrected chi connectivity index (χ2v) is 11.4. The Morgan fingerprint density at radius 3 is 2.34 bits per heavy atom. The van der Waals surface area contributed by atoms with Crippen molar-refractivity contribution < 1.29 is 14.3 Å². The molecule has 0 radical (unpaired) electrons. The average molecular weight is 548 g/mol. The predicted octanol–water partition coefficient (Wildman–Crippen LogP) is 7.04. The van der Waals surface area contributed by atoms with Crippen LogP contribution in [0, 0.1) is 0 Å². The molecule has 208 valence electrons. The molecule has 0 bridgehead atoms. The van der Waals surface area contributed by atoms with Crippen molar-refractivity contribution in [3.8, 4) is 39.4 Å². The third-order valence-corrected chi connectivity index (χ3v) is 7.48. The Morgan fingerprint density at radius 2 is 1.68 bits per heavy atom. The molecular weight excluding hydrogens is 514 g/mol. The Morgan fingerprint density at radius 1 is 0.927 bits per heavy atom. The minimum Gasteiger partial charge on any atom is -0.495 e. The molecule has 0 aliphatic heterocycles. The third-order valence-electron chi connectivity index (χ3n) is 7.48. The second kappa shape index (κ2) is 10.4. The summed E-state index contributed by atoms with van der Waals surface area (Å²) in [5.41, 5.74) is 6.33. The van der Waals surface area contributed by atoms with Gasteiger partial charge in [-0.3, -0.25) is 4.98 Å². The summed E-state index contributed by atoms with van der Waals surface area (Å²) in [5, 5.41) is 8.27. The molecule has 1 N–H and O–H groups in total. The first-order chi connectivity index (χ1) is 19.7. The molecule has 3 heterocycles. The number of alkyl carbamates (subject to hydrolysis) is 1. The molecule has 8 heteroatoms. The van der Waals surface area contributed by atoms with E-state index in [0.717, 1.165) is 64.1 Å². The van der Waals surface area contributed by atoms with E-state index in [1.54, 1.807) is 19.5 Å². The Hall–Kier alpha value is -4.72. The van der Waals surface area contributed by atoms with E-state index in [2.05, 4.69) is 57.7 Å². The van der Waals surface area contributed by atoms with Gasteiger partial charge in [-0.2, -0.15) is 5.10 Å². The highest BCUT2D eigenvalue weighted by Crippen LogP contribution is 2.42. The van der Waals surface area contributed by atoms with Crippen molar-refractivity contribution in [1.82, 2.24) is 24.9 Å². The zero-order valence-corrected chi connectivity index (χ0v) is 23.7. The van der Waals surface area contributed by atoms with Crippen molar-refractivity contribution in [1.29, 1.82) is 0 Å². The molecule has 2 aromatic carbocycles. The zero-order chi connectivity index (χ0) is 28.6. The maximum atomic E-state index is 12.7. The number of fused-ring (bicyclic) bond motifs is 1. The van der Waals surface area contributed by atoms with E-state index in [1.165, 1.54) is 0 Å². The monoisotopic (exact) mass is 547 g/mol. The van der Waals surface area contributed by atoms with Gasteiger partial charge in [0.15, 0.2) is 5.65 Å². The van der Waals surface area contributed by atoms with E-state index >= 15 is 0 Å². The van der Waals surface area contributed by atoms with Gasteiger partial charge in [-0.1, -0.05) is 54.6 Å². The summed E-state index contributed by atoms with van der Waals surface area (Å²) in [7, 11) is 1.62. The van der Waals surface area contributed by atoms with Crippen LogP contribution in [0.1, 0.15) is 45.6 Å². The Bertz CT molecular complexity index is 1700. The van der Waals surface area contributed by atoms with Crippen LogP contribution in [0.25, 0.3) is 39.3 Å². The molecule has 1 amide bonds. The number of amides is 1. The molecule has 6 rings (SSSR count). The van der Waals surface area contributed by atoms with Crippen molar-refractivity contribution in [3.05, 3.63) is 90.9 Å². The quantitative estimate of drug-likeness (QED) is 0.245. The number of ether oxygens (including phenoxy) is 2. The van der Waals surface area contributed by atoms with Gasteiger partial charge in [-0.25, -0.2) is 14.3 Å². The summed E-state index contributed by atoms with van der Waals surface area (Å²) in [5.74, 6) is 0.666. The number of nitrogens with one attached hydrogen (secondary N) is 1. The number of imidazole rings is 1. The summed E-state index contributed by atoms with van der Waals surface area (Å²) >= 11 is 0. The number of carbonyl (C=O) groups excluding carboxylic acids is 1. The molecule has 1 aliphatic carbocycles. The zero-order valence-electron chi connectivity index (χ0n) is 23.7. The number of methoxy groups -OCH3 is 1. The molecule has 5 aromatic rings. The first kappa shape index (κ1) is 26.5. The van der Waals surface area contributed by atoms with E-state index in [9.17, 15) is 4.79 Å². The largest absolute Gasteiger partial charge is 0.495 e. The van der Waals surface area contributed by atoms with Crippen LogP contribution in [-0.4, -0.2) is 38.4 Å². The first-order valence-electron chi connectivity index (χ1n) is 13.8. The summed E-state index contributed by atoms with van der Waals surface area (Å²) in [6.07, 6.45) is 7.67. The molecule has 0 saturated heterocycles. The van der Waals surface area contributed by atoms with Gasteiger partial charge in [-0.15, -0.1) is 0 Å². The maximum Gasteiger partial charge on any atom is 0.408 e. The van der Waals surface area contributed by atoms with Gasteiger partial charge in [0, 0.05) is 22.9 Å². The number of aromatic nitrogens is 4. The number of hydrogen-bond donors (Lipinski definition) is 1. The average Bonchev–Trinajstić information content (AvgIpc) is 3.37. The van der Waals surface area contributed by atoms with Gasteiger partial charge in [0.1, 0.15) is 11.4 Å². The summed E-state index contributed by atoms with van der Waals surface area (Å²) < 4.78 is 12.8. The van der Waals surface area contributed by atoms with Gasteiger partial charge in [-0.05, 0) is 63.3 Å². The van der Waals surface area contributed by atoms with Crippen LogP contribution in [0.15, 0.2) is 85.3 Å². The number of carbonyl (C=O) groups is 1. The molecular formula is C33H33N5O3. The summed E-state index contributed by atoms with van der Waals surface area (Å²) in [4.78, 5) is 21.6. The highest BCUT2D eigenvalue weighted by Gasteiger charge is 2.41. The van der Waals surface area contributed by atoms with Crippen LogP contribution < -0.4 is 10.1 Å². The lowest BCUT2D eigenvalue weighted by atomic mass is 9.71. The topological polar surface area (TPSA) is 90.6 Å². The standard InChI is InChI=1S/C33H33N5O3/c1-32(2,3)41-31(39)36-33(15-8-16-33)25-13-11-23(12-14-25)30-27(22-9-6-5-7-10-22)18-29-35-21-28(38(29)37-30)24-17-26(40-4)20-34-19-24/h5-7,9-14,17-21H,8,15-16H2,1-4H3,(H,36,39). The van der Waals surface area contributed by atoms with Gasteiger partial charge in [0.25, 0.3) is 0 Å². The number of rotatable bonds is 6. The summed E-state index contributed by atoms with van der Waals surface area (Å²) in [6.45, 7) is 5.62. The van der Waals surface area contributed by atoms with Gasteiger partial charge in [0.05, 0.1) is 36.4 Å². The van der Waals surface area contributed by atoms with Crippen LogP contribution in [-0.2, 0) is 10.3 Å². The van der Waals surface area contributed by atoms with Gasteiger partial charge >= 0.3 is 6.09 Å². The molecule has 0 spiro atoms. The van der Waals surface area contributed by atoms with Crippen LogP contribution in [0.3, 0.4) is 0 Å². The number of nitrogens with zero attached hydrogens (tertiary/aromatic N) is 4. The second-order valence-electron chi connectivity index (χ2n) is 11.4. The van der Waals surface area contributed by atoms with Crippen molar-refractivity contribution in [3.63, 3.8) is 0 Å². The highest BCUT2D eigenvalue weighted by atomic mass is 16.6. The number of pyridine rings is 1. The minimum absolute atomic E-state index is 0.389. The van der Waals surface area contributed by atoms with E-state index in [-0.39, 0.29) is 6.09 Å². The maximum absolute atomic E-state index is 12.7. The molecule has 41 heavy (non-hydrogen) atoms.